The number of amides is 2. The van der Waals surface area contributed by atoms with Gasteiger partial charge in [0, 0.05) is 24.7 Å². The van der Waals surface area contributed by atoms with Crippen molar-refractivity contribution in [2.24, 2.45) is 5.92 Å². The molecule has 2 aliphatic carbocycles. The van der Waals surface area contributed by atoms with Crippen LogP contribution < -0.4 is 15.4 Å². The quantitative estimate of drug-likeness (QED) is 0.465. The van der Waals surface area contributed by atoms with Crippen molar-refractivity contribution in [3.63, 3.8) is 0 Å². The lowest BCUT2D eigenvalue weighted by molar-refractivity contribution is -0.143. The molecule has 0 saturated heterocycles. The lowest BCUT2D eigenvalue weighted by Gasteiger charge is -2.26. The standard InChI is InChI=1S/C26H28F2N2O5/c27-22-13-17(5-9-20(22)15-1-2-15)24(31)29-11-12-30-25(32)21-10-8-19(14-23(21)28)35-18-6-3-16(4-7-18)26(33)34/h5,8-10,13-16,18H,1-4,6-7,11-12H2,(H,29,31)(H,30,32)(H,33,34)/t16-,18+. The summed E-state index contributed by atoms with van der Waals surface area (Å²) >= 11 is 0. The van der Waals surface area contributed by atoms with E-state index in [9.17, 15) is 23.2 Å². The van der Waals surface area contributed by atoms with Crippen LogP contribution in [0, 0.1) is 17.6 Å². The Balaban J connectivity index is 1.21. The molecule has 0 bridgehead atoms. The maximum Gasteiger partial charge on any atom is 0.306 e. The molecule has 0 heterocycles. The Morgan fingerprint density at radius 2 is 1.54 bits per heavy atom. The number of carbonyl (C=O) groups excluding carboxylic acids is 2. The lowest BCUT2D eigenvalue weighted by atomic mass is 9.87. The minimum Gasteiger partial charge on any atom is -0.490 e. The van der Waals surface area contributed by atoms with Crippen LogP contribution in [0.2, 0.25) is 0 Å². The largest absolute Gasteiger partial charge is 0.490 e. The summed E-state index contributed by atoms with van der Waals surface area (Å²) in [5.74, 6) is -2.85. The topological polar surface area (TPSA) is 105 Å². The van der Waals surface area contributed by atoms with Gasteiger partial charge in [0.1, 0.15) is 17.4 Å². The SMILES string of the molecule is O=C(NCCNC(=O)c1ccc(O[C@H]2CC[C@@H](C(=O)O)CC2)cc1F)c1ccc(C2CC2)c(F)c1. The third-order valence-corrected chi connectivity index (χ3v) is 6.49. The summed E-state index contributed by atoms with van der Waals surface area (Å²) in [6.45, 7) is 0.163. The van der Waals surface area contributed by atoms with E-state index < -0.39 is 23.6 Å². The Morgan fingerprint density at radius 3 is 2.14 bits per heavy atom. The van der Waals surface area contributed by atoms with Crippen molar-refractivity contribution in [3.8, 4) is 5.75 Å². The maximum absolute atomic E-state index is 14.5. The lowest BCUT2D eigenvalue weighted by Crippen LogP contribution is -2.35. The van der Waals surface area contributed by atoms with Crippen LogP contribution in [0.1, 0.15) is 70.7 Å². The zero-order valence-corrected chi connectivity index (χ0v) is 19.2. The molecule has 0 aromatic heterocycles. The predicted octanol–water partition coefficient (Wildman–Crippen LogP) is 4.02. The first kappa shape index (κ1) is 24.6. The summed E-state index contributed by atoms with van der Waals surface area (Å²) < 4.78 is 34.4. The molecule has 2 aliphatic rings. The highest BCUT2D eigenvalue weighted by Gasteiger charge is 2.28. The van der Waals surface area contributed by atoms with E-state index in [0.29, 0.717) is 31.2 Å². The molecule has 7 nitrogen and oxygen atoms in total. The number of rotatable bonds is 9. The highest BCUT2D eigenvalue weighted by molar-refractivity contribution is 5.95. The van der Waals surface area contributed by atoms with Gasteiger partial charge in [0.2, 0.25) is 0 Å². The zero-order chi connectivity index (χ0) is 24.9. The normalized spacial score (nSPS) is 19.6. The number of ether oxygens (including phenoxy) is 1. The maximum atomic E-state index is 14.5. The highest BCUT2D eigenvalue weighted by Crippen LogP contribution is 2.41. The van der Waals surface area contributed by atoms with Crippen LogP contribution in [0.15, 0.2) is 36.4 Å². The van der Waals surface area contributed by atoms with Crippen molar-refractivity contribution in [2.75, 3.05) is 13.1 Å². The molecule has 2 aromatic rings. The summed E-state index contributed by atoms with van der Waals surface area (Å²) in [5.41, 5.74) is 0.685. The summed E-state index contributed by atoms with van der Waals surface area (Å²) in [6.07, 6.45) is 3.92. The predicted molar refractivity (Wildman–Crippen MR) is 123 cm³/mol. The molecule has 2 aromatic carbocycles. The number of aliphatic carboxylic acids is 1. The molecule has 4 rings (SSSR count). The van der Waals surface area contributed by atoms with Crippen LogP contribution in [-0.2, 0) is 4.79 Å². The van der Waals surface area contributed by atoms with Crippen LogP contribution in [0.4, 0.5) is 8.78 Å². The van der Waals surface area contributed by atoms with Gasteiger partial charge in [0.25, 0.3) is 11.8 Å². The monoisotopic (exact) mass is 486 g/mol. The number of carboxylic acid groups (broad SMARTS) is 1. The third kappa shape index (κ3) is 6.35. The number of hydrogen-bond donors (Lipinski definition) is 3. The van der Waals surface area contributed by atoms with Gasteiger partial charge in [-0.1, -0.05) is 6.07 Å². The Morgan fingerprint density at radius 1 is 0.857 bits per heavy atom. The molecule has 186 valence electrons. The first-order valence-electron chi connectivity index (χ1n) is 11.9. The Hall–Kier alpha value is -3.49. The van der Waals surface area contributed by atoms with Crippen molar-refractivity contribution >= 4 is 17.8 Å². The van der Waals surface area contributed by atoms with Crippen molar-refractivity contribution in [3.05, 3.63) is 64.7 Å². The Kier molecular flexibility index (Phi) is 7.63. The molecule has 0 aliphatic heterocycles. The van der Waals surface area contributed by atoms with Gasteiger partial charge in [-0.3, -0.25) is 14.4 Å². The average molecular weight is 487 g/mol. The fourth-order valence-electron chi connectivity index (χ4n) is 4.32. The second-order valence-corrected chi connectivity index (χ2v) is 9.09. The van der Waals surface area contributed by atoms with E-state index >= 15 is 0 Å². The van der Waals surface area contributed by atoms with Gasteiger partial charge >= 0.3 is 5.97 Å². The van der Waals surface area contributed by atoms with Crippen molar-refractivity contribution in [2.45, 2.75) is 50.5 Å². The highest BCUT2D eigenvalue weighted by atomic mass is 19.1. The van der Waals surface area contributed by atoms with Crippen LogP contribution >= 0.6 is 0 Å². The molecule has 0 unspecified atom stereocenters. The fourth-order valence-corrected chi connectivity index (χ4v) is 4.32. The molecule has 2 fully saturated rings. The summed E-state index contributed by atoms with van der Waals surface area (Å²) in [6, 6.07) is 8.41. The van der Waals surface area contributed by atoms with E-state index in [4.69, 9.17) is 9.84 Å². The van der Waals surface area contributed by atoms with E-state index in [1.54, 1.807) is 12.1 Å². The van der Waals surface area contributed by atoms with Gasteiger partial charge in [0.15, 0.2) is 0 Å². The summed E-state index contributed by atoms with van der Waals surface area (Å²) in [7, 11) is 0. The van der Waals surface area contributed by atoms with Crippen molar-refractivity contribution in [1.29, 1.82) is 0 Å². The van der Waals surface area contributed by atoms with Gasteiger partial charge in [-0.15, -0.1) is 0 Å². The molecule has 2 amide bonds. The van der Waals surface area contributed by atoms with E-state index in [-0.39, 0.29) is 53.7 Å². The van der Waals surface area contributed by atoms with Crippen LogP contribution in [0.3, 0.4) is 0 Å². The minimum atomic E-state index is -0.805. The zero-order valence-electron chi connectivity index (χ0n) is 19.2. The molecule has 2 saturated carbocycles. The summed E-state index contributed by atoms with van der Waals surface area (Å²) in [5, 5.41) is 14.2. The molecule has 0 radical (unpaired) electrons. The van der Waals surface area contributed by atoms with Gasteiger partial charge in [-0.25, -0.2) is 8.78 Å². The van der Waals surface area contributed by atoms with Crippen LogP contribution in [0.25, 0.3) is 0 Å². The van der Waals surface area contributed by atoms with Gasteiger partial charge in [0.05, 0.1) is 17.6 Å². The van der Waals surface area contributed by atoms with Crippen molar-refractivity contribution < 1.29 is 33.0 Å². The van der Waals surface area contributed by atoms with E-state index in [0.717, 1.165) is 18.9 Å². The molecule has 0 spiro atoms. The molecule has 9 heteroatoms. The summed E-state index contributed by atoms with van der Waals surface area (Å²) in [4.78, 5) is 35.6. The Labute approximate surface area is 201 Å². The Bertz CT molecular complexity index is 1110. The number of benzene rings is 2. The molecular weight excluding hydrogens is 458 g/mol. The number of carboxylic acids is 1. The van der Waals surface area contributed by atoms with Crippen LogP contribution in [-0.4, -0.2) is 42.1 Å². The van der Waals surface area contributed by atoms with Gasteiger partial charge in [-0.2, -0.15) is 0 Å². The first-order chi connectivity index (χ1) is 16.8. The van der Waals surface area contributed by atoms with Crippen molar-refractivity contribution in [1.82, 2.24) is 10.6 Å². The smallest absolute Gasteiger partial charge is 0.306 e. The fraction of sp³-hybridized carbons (Fsp3) is 0.423. The molecule has 0 atom stereocenters. The number of halogens is 2. The number of carbonyl (C=O) groups is 3. The van der Waals surface area contributed by atoms with E-state index in [1.807, 2.05) is 0 Å². The third-order valence-electron chi connectivity index (χ3n) is 6.49. The van der Waals surface area contributed by atoms with E-state index in [1.165, 1.54) is 18.2 Å². The average Bonchev–Trinajstić information content (AvgIpc) is 3.67. The van der Waals surface area contributed by atoms with Crippen LogP contribution in [0.5, 0.6) is 5.75 Å². The minimum absolute atomic E-state index is 0.0672. The van der Waals surface area contributed by atoms with Gasteiger partial charge < -0.3 is 20.5 Å². The molecule has 35 heavy (non-hydrogen) atoms. The number of hydrogen-bond acceptors (Lipinski definition) is 4. The second-order valence-electron chi connectivity index (χ2n) is 9.09. The second kappa shape index (κ2) is 10.8. The van der Waals surface area contributed by atoms with Gasteiger partial charge in [-0.05, 0) is 74.3 Å². The molecular formula is C26H28F2N2O5. The first-order valence-corrected chi connectivity index (χ1v) is 11.9. The molecule has 3 N–H and O–H groups in total. The van der Waals surface area contributed by atoms with E-state index in [2.05, 4.69) is 10.6 Å². The number of nitrogens with one attached hydrogen (secondary N) is 2.